The third-order valence-corrected chi connectivity index (χ3v) is 5.55. The van der Waals surface area contributed by atoms with Crippen molar-refractivity contribution < 1.29 is 17.9 Å². The smallest absolute Gasteiger partial charge is 0.245 e. The van der Waals surface area contributed by atoms with Crippen LogP contribution in [0.2, 0.25) is 0 Å². The van der Waals surface area contributed by atoms with E-state index in [4.69, 9.17) is 4.74 Å². The van der Waals surface area contributed by atoms with Crippen molar-refractivity contribution in [1.82, 2.24) is 0 Å². The SMILES string of the molecule is Cc1ccc(N(CC(=O)Nc2ccc(Oc3ccccc3)cc2)S(C)(=O)=O)c(C)c1. The number of nitrogens with zero attached hydrogens (tertiary/aromatic N) is 1. The molecule has 156 valence electrons. The number of ether oxygens (including phenoxy) is 1. The number of anilines is 2. The maximum atomic E-state index is 12.5. The van der Waals surface area contributed by atoms with E-state index in [1.165, 1.54) is 0 Å². The molecule has 0 radical (unpaired) electrons. The van der Waals surface area contributed by atoms with Crippen LogP contribution in [0.4, 0.5) is 11.4 Å². The lowest BCUT2D eigenvalue weighted by Gasteiger charge is -2.24. The Morgan fingerprint density at radius 2 is 1.57 bits per heavy atom. The van der Waals surface area contributed by atoms with E-state index in [0.29, 0.717) is 22.9 Å². The summed E-state index contributed by atoms with van der Waals surface area (Å²) >= 11 is 0. The van der Waals surface area contributed by atoms with Gasteiger partial charge in [-0.2, -0.15) is 0 Å². The van der Waals surface area contributed by atoms with Gasteiger partial charge in [-0.05, 0) is 61.9 Å². The largest absolute Gasteiger partial charge is 0.457 e. The van der Waals surface area contributed by atoms with Gasteiger partial charge in [-0.25, -0.2) is 8.42 Å². The Hall–Kier alpha value is -3.32. The number of carbonyl (C=O) groups excluding carboxylic acids is 1. The molecule has 0 spiro atoms. The van der Waals surface area contributed by atoms with Crippen molar-refractivity contribution in [3.05, 3.63) is 83.9 Å². The molecule has 3 rings (SSSR count). The van der Waals surface area contributed by atoms with Crippen LogP contribution in [0.3, 0.4) is 0 Å². The molecular formula is C23H24N2O4S. The number of hydrogen-bond acceptors (Lipinski definition) is 4. The highest BCUT2D eigenvalue weighted by molar-refractivity contribution is 7.92. The molecule has 0 bridgehead atoms. The van der Waals surface area contributed by atoms with Crippen molar-refractivity contribution in [3.63, 3.8) is 0 Å². The fourth-order valence-electron chi connectivity index (χ4n) is 3.03. The van der Waals surface area contributed by atoms with Crippen LogP contribution in [0.25, 0.3) is 0 Å². The summed E-state index contributed by atoms with van der Waals surface area (Å²) in [4.78, 5) is 12.5. The molecule has 7 heteroatoms. The molecule has 0 fully saturated rings. The molecule has 3 aromatic rings. The molecule has 0 aromatic heterocycles. The van der Waals surface area contributed by atoms with Gasteiger partial charge in [0.05, 0.1) is 11.9 Å². The first-order valence-electron chi connectivity index (χ1n) is 9.40. The van der Waals surface area contributed by atoms with E-state index in [-0.39, 0.29) is 6.54 Å². The van der Waals surface area contributed by atoms with Crippen molar-refractivity contribution in [2.45, 2.75) is 13.8 Å². The Morgan fingerprint density at radius 3 is 2.17 bits per heavy atom. The number of hydrogen-bond donors (Lipinski definition) is 1. The second-order valence-corrected chi connectivity index (χ2v) is 8.95. The highest BCUT2D eigenvalue weighted by atomic mass is 32.2. The van der Waals surface area contributed by atoms with Gasteiger partial charge < -0.3 is 10.1 Å². The summed E-state index contributed by atoms with van der Waals surface area (Å²) in [6.45, 7) is 3.44. The molecule has 0 aliphatic carbocycles. The monoisotopic (exact) mass is 424 g/mol. The molecule has 1 amide bonds. The second kappa shape index (κ2) is 9.00. The summed E-state index contributed by atoms with van der Waals surface area (Å²) in [6.07, 6.45) is 1.09. The van der Waals surface area contributed by atoms with E-state index < -0.39 is 15.9 Å². The number of nitrogens with one attached hydrogen (secondary N) is 1. The van der Waals surface area contributed by atoms with Gasteiger partial charge in [0, 0.05) is 5.69 Å². The molecule has 30 heavy (non-hydrogen) atoms. The third-order valence-electron chi connectivity index (χ3n) is 4.43. The molecule has 1 N–H and O–H groups in total. The van der Waals surface area contributed by atoms with E-state index in [1.54, 1.807) is 30.3 Å². The zero-order chi connectivity index (χ0) is 21.7. The van der Waals surface area contributed by atoms with Crippen LogP contribution in [-0.2, 0) is 14.8 Å². The summed E-state index contributed by atoms with van der Waals surface area (Å²) in [6, 6.07) is 21.7. The predicted octanol–water partition coefficient (Wildman–Crippen LogP) is 4.50. The Morgan fingerprint density at radius 1 is 0.933 bits per heavy atom. The lowest BCUT2D eigenvalue weighted by atomic mass is 10.1. The maximum absolute atomic E-state index is 12.5. The number of carbonyl (C=O) groups is 1. The van der Waals surface area contributed by atoms with Gasteiger partial charge in [0.15, 0.2) is 0 Å². The number of benzene rings is 3. The van der Waals surface area contributed by atoms with Crippen molar-refractivity contribution in [2.24, 2.45) is 0 Å². The van der Waals surface area contributed by atoms with Gasteiger partial charge in [-0.15, -0.1) is 0 Å². The number of sulfonamides is 1. The van der Waals surface area contributed by atoms with Gasteiger partial charge in [0.2, 0.25) is 15.9 Å². The first kappa shape index (κ1) is 21.4. The van der Waals surface area contributed by atoms with E-state index in [0.717, 1.165) is 21.7 Å². The first-order valence-corrected chi connectivity index (χ1v) is 11.2. The average Bonchev–Trinajstić information content (AvgIpc) is 2.68. The highest BCUT2D eigenvalue weighted by Crippen LogP contribution is 2.25. The quantitative estimate of drug-likeness (QED) is 0.606. The van der Waals surface area contributed by atoms with E-state index >= 15 is 0 Å². The second-order valence-electron chi connectivity index (χ2n) is 7.05. The lowest BCUT2D eigenvalue weighted by molar-refractivity contribution is -0.114. The minimum absolute atomic E-state index is 0.314. The fraction of sp³-hybridized carbons (Fsp3) is 0.174. The third kappa shape index (κ3) is 5.61. The minimum atomic E-state index is -3.63. The topological polar surface area (TPSA) is 75.7 Å². The minimum Gasteiger partial charge on any atom is -0.457 e. The number of amides is 1. The molecule has 0 saturated carbocycles. The Balaban J connectivity index is 1.69. The molecule has 0 aliphatic heterocycles. The van der Waals surface area contributed by atoms with Crippen LogP contribution in [0, 0.1) is 13.8 Å². The average molecular weight is 425 g/mol. The normalized spacial score (nSPS) is 11.0. The molecule has 0 heterocycles. The summed E-state index contributed by atoms with van der Waals surface area (Å²) in [5, 5.41) is 2.74. The number of aryl methyl sites for hydroxylation is 2. The summed E-state index contributed by atoms with van der Waals surface area (Å²) in [5.74, 6) is 0.913. The summed E-state index contributed by atoms with van der Waals surface area (Å²) < 4.78 is 31.5. The van der Waals surface area contributed by atoms with Crippen molar-refractivity contribution in [3.8, 4) is 11.5 Å². The zero-order valence-corrected chi connectivity index (χ0v) is 17.9. The molecule has 6 nitrogen and oxygen atoms in total. The van der Waals surface area contributed by atoms with Crippen LogP contribution in [0.15, 0.2) is 72.8 Å². The Labute approximate surface area is 177 Å². The van der Waals surface area contributed by atoms with Crippen LogP contribution in [0.1, 0.15) is 11.1 Å². The van der Waals surface area contributed by atoms with E-state index in [9.17, 15) is 13.2 Å². The van der Waals surface area contributed by atoms with Crippen LogP contribution < -0.4 is 14.4 Å². The molecule has 0 atom stereocenters. The molecule has 0 aliphatic rings. The zero-order valence-electron chi connectivity index (χ0n) is 17.1. The first-order chi connectivity index (χ1) is 14.2. The maximum Gasteiger partial charge on any atom is 0.245 e. The fourth-order valence-corrected chi connectivity index (χ4v) is 3.94. The standard InChI is InChI=1S/C23H24N2O4S/c1-17-9-14-22(18(2)15-17)25(30(3,27)28)16-23(26)24-19-10-12-21(13-11-19)29-20-7-5-4-6-8-20/h4-15H,16H2,1-3H3,(H,24,26). The highest BCUT2D eigenvalue weighted by Gasteiger charge is 2.22. The predicted molar refractivity (Wildman–Crippen MR) is 120 cm³/mol. The summed E-state index contributed by atoms with van der Waals surface area (Å²) in [7, 11) is -3.63. The van der Waals surface area contributed by atoms with Gasteiger partial charge in [-0.1, -0.05) is 35.9 Å². The van der Waals surface area contributed by atoms with Gasteiger partial charge in [0.25, 0.3) is 0 Å². The van der Waals surface area contributed by atoms with Crippen LogP contribution >= 0.6 is 0 Å². The molecular weight excluding hydrogens is 400 g/mol. The lowest BCUT2D eigenvalue weighted by Crippen LogP contribution is -2.37. The number of rotatable bonds is 7. The van der Waals surface area contributed by atoms with Crippen LogP contribution in [-0.4, -0.2) is 27.1 Å². The van der Waals surface area contributed by atoms with Gasteiger partial charge in [0.1, 0.15) is 18.0 Å². The Kier molecular flexibility index (Phi) is 6.42. The van der Waals surface area contributed by atoms with E-state index in [1.807, 2.05) is 56.3 Å². The molecule has 0 unspecified atom stereocenters. The van der Waals surface area contributed by atoms with Gasteiger partial charge >= 0.3 is 0 Å². The molecule has 3 aromatic carbocycles. The number of para-hydroxylation sites is 1. The molecule has 0 saturated heterocycles. The van der Waals surface area contributed by atoms with Crippen molar-refractivity contribution in [2.75, 3.05) is 22.4 Å². The summed E-state index contributed by atoms with van der Waals surface area (Å²) in [5.41, 5.74) is 2.85. The van der Waals surface area contributed by atoms with E-state index in [2.05, 4.69) is 5.32 Å². The van der Waals surface area contributed by atoms with Crippen molar-refractivity contribution >= 4 is 27.3 Å². The Bertz CT molecular complexity index is 1130. The van der Waals surface area contributed by atoms with Gasteiger partial charge in [-0.3, -0.25) is 9.10 Å². The van der Waals surface area contributed by atoms with Crippen molar-refractivity contribution in [1.29, 1.82) is 0 Å². The van der Waals surface area contributed by atoms with Crippen LogP contribution in [0.5, 0.6) is 11.5 Å².